The first kappa shape index (κ1) is 28.2. The summed E-state index contributed by atoms with van der Waals surface area (Å²) in [6, 6.07) is 3.11. The van der Waals surface area contributed by atoms with Crippen LogP contribution in [0.15, 0.2) is 35.8 Å². The van der Waals surface area contributed by atoms with Gasteiger partial charge in [0, 0.05) is 17.1 Å². The Hall–Kier alpha value is -2.99. The van der Waals surface area contributed by atoms with Gasteiger partial charge in [0.15, 0.2) is 5.13 Å². The van der Waals surface area contributed by atoms with Crippen LogP contribution in [0.25, 0.3) is 0 Å². The SMILES string of the molecule is CCOC(=O)C(NC(=O)C(Cl)C(C)(C)C)(C(=O)Nc1nccs1)C(=O)c1cccc(C(F)(F)F)c1. The van der Waals surface area contributed by atoms with Crippen molar-refractivity contribution in [2.45, 2.75) is 44.8 Å². The summed E-state index contributed by atoms with van der Waals surface area (Å²) in [7, 11) is 0. The van der Waals surface area contributed by atoms with Crippen LogP contribution in [0, 0.1) is 5.41 Å². The van der Waals surface area contributed by atoms with E-state index < -0.39 is 57.2 Å². The molecule has 8 nitrogen and oxygen atoms in total. The first-order valence-electron chi connectivity index (χ1n) is 10.2. The third kappa shape index (κ3) is 6.37. The molecule has 0 saturated carbocycles. The van der Waals surface area contributed by atoms with Crippen LogP contribution in [0.5, 0.6) is 0 Å². The van der Waals surface area contributed by atoms with Crippen LogP contribution in [0.1, 0.15) is 43.6 Å². The predicted molar refractivity (Wildman–Crippen MR) is 123 cm³/mol. The molecular weight excluding hydrogens is 511 g/mol. The molecule has 13 heteroatoms. The minimum absolute atomic E-state index is 0.0343. The number of amides is 2. The molecule has 2 N–H and O–H groups in total. The van der Waals surface area contributed by atoms with Crippen molar-refractivity contribution < 1.29 is 37.1 Å². The number of hydrogen-bond acceptors (Lipinski definition) is 7. The molecule has 2 amide bonds. The highest BCUT2D eigenvalue weighted by atomic mass is 35.5. The Morgan fingerprint density at radius 1 is 1.17 bits per heavy atom. The summed E-state index contributed by atoms with van der Waals surface area (Å²) < 4.78 is 44.8. The first-order valence-corrected chi connectivity index (χ1v) is 11.5. The van der Waals surface area contributed by atoms with Gasteiger partial charge in [0.05, 0.1) is 12.2 Å². The number of ether oxygens (including phenoxy) is 1. The topological polar surface area (TPSA) is 114 Å². The van der Waals surface area contributed by atoms with Crippen molar-refractivity contribution in [3.05, 3.63) is 47.0 Å². The molecule has 0 aliphatic rings. The monoisotopic (exact) mass is 533 g/mol. The second-order valence-electron chi connectivity index (χ2n) is 8.39. The van der Waals surface area contributed by atoms with Crippen LogP contribution in [0.3, 0.4) is 0 Å². The maximum absolute atomic E-state index is 13.6. The molecule has 2 aromatic rings. The van der Waals surface area contributed by atoms with Crippen LogP contribution in [0.2, 0.25) is 0 Å². The predicted octanol–water partition coefficient (Wildman–Crippen LogP) is 4.05. The van der Waals surface area contributed by atoms with Gasteiger partial charge < -0.3 is 10.1 Å². The average Bonchev–Trinajstić information content (AvgIpc) is 3.28. The maximum atomic E-state index is 13.6. The number of ketones is 1. The van der Waals surface area contributed by atoms with Crippen LogP contribution in [-0.4, -0.2) is 46.1 Å². The highest BCUT2D eigenvalue weighted by Crippen LogP contribution is 2.31. The summed E-state index contributed by atoms with van der Waals surface area (Å²) in [5.41, 5.74) is -5.83. The largest absolute Gasteiger partial charge is 0.463 e. The third-order valence-electron chi connectivity index (χ3n) is 4.67. The minimum atomic E-state index is -4.82. The number of Topliss-reactive ketones (excluding diaryl/α,β-unsaturated/α-hetero) is 1. The number of benzene rings is 1. The average molecular weight is 534 g/mol. The van der Waals surface area contributed by atoms with Gasteiger partial charge in [-0.05, 0) is 24.5 Å². The number of aromatic nitrogens is 1. The smallest absolute Gasteiger partial charge is 0.416 e. The number of carbonyl (C=O) groups excluding carboxylic acids is 4. The lowest BCUT2D eigenvalue weighted by Gasteiger charge is -2.32. The van der Waals surface area contributed by atoms with E-state index in [4.69, 9.17) is 16.3 Å². The quantitative estimate of drug-likeness (QED) is 0.229. The van der Waals surface area contributed by atoms with Gasteiger partial charge in [-0.1, -0.05) is 32.9 Å². The Morgan fingerprint density at radius 3 is 2.34 bits per heavy atom. The number of thiazole rings is 1. The molecule has 35 heavy (non-hydrogen) atoms. The number of nitrogens with one attached hydrogen (secondary N) is 2. The van der Waals surface area contributed by atoms with E-state index in [2.05, 4.69) is 15.6 Å². The summed E-state index contributed by atoms with van der Waals surface area (Å²) in [5.74, 6) is -5.40. The van der Waals surface area contributed by atoms with E-state index in [0.717, 1.165) is 23.5 Å². The highest BCUT2D eigenvalue weighted by molar-refractivity contribution is 7.13. The summed E-state index contributed by atoms with van der Waals surface area (Å²) in [5, 5.41) is 4.45. The zero-order valence-corrected chi connectivity index (χ0v) is 20.7. The zero-order chi connectivity index (χ0) is 26.6. The van der Waals surface area contributed by atoms with Gasteiger partial charge in [0.2, 0.25) is 11.7 Å². The van der Waals surface area contributed by atoms with Gasteiger partial charge in [-0.25, -0.2) is 9.78 Å². The van der Waals surface area contributed by atoms with E-state index >= 15 is 0 Å². The normalized spacial score (nSPS) is 14.4. The number of esters is 1. The van der Waals surface area contributed by atoms with Crippen molar-refractivity contribution in [1.29, 1.82) is 0 Å². The standard InChI is InChI=1S/C22H23ClF3N3O5S/c1-5-34-18(33)21(17(32)28-19-27-9-10-35-19,29-16(31)14(23)20(2,3)4)15(30)12-7-6-8-13(11-12)22(24,25)26/h6-11,14H,5H2,1-4H3,(H,29,31)(H,27,28,32). The van der Waals surface area contributed by atoms with E-state index in [1.807, 2.05) is 0 Å². The van der Waals surface area contributed by atoms with Gasteiger partial charge >= 0.3 is 12.1 Å². The molecule has 0 fully saturated rings. The van der Waals surface area contributed by atoms with E-state index in [9.17, 15) is 32.3 Å². The molecule has 2 rings (SSSR count). The molecule has 0 bridgehead atoms. The number of halogens is 4. The molecular formula is C22H23ClF3N3O5S. The van der Waals surface area contributed by atoms with Crippen LogP contribution in [-0.2, 0) is 25.3 Å². The minimum Gasteiger partial charge on any atom is -0.463 e. The molecule has 0 aliphatic heterocycles. The first-order chi connectivity index (χ1) is 16.1. The third-order valence-corrected chi connectivity index (χ3v) is 6.21. The Balaban J connectivity index is 2.71. The van der Waals surface area contributed by atoms with E-state index in [0.29, 0.717) is 12.1 Å². The van der Waals surface area contributed by atoms with Crippen molar-refractivity contribution >= 4 is 51.6 Å². The Bertz CT molecular complexity index is 1100. The maximum Gasteiger partial charge on any atom is 0.416 e. The van der Waals surface area contributed by atoms with Gasteiger partial charge in [-0.15, -0.1) is 22.9 Å². The van der Waals surface area contributed by atoms with Crippen LogP contribution in [0.4, 0.5) is 18.3 Å². The van der Waals surface area contributed by atoms with Gasteiger partial charge in [-0.3, -0.25) is 19.7 Å². The number of hydrogen-bond donors (Lipinski definition) is 2. The molecule has 2 unspecified atom stereocenters. The Labute approximate surface area is 208 Å². The second-order valence-corrected chi connectivity index (χ2v) is 9.72. The number of alkyl halides is 4. The molecule has 1 aromatic heterocycles. The fourth-order valence-corrected chi connectivity index (χ4v) is 3.44. The van der Waals surface area contributed by atoms with Gasteiger partial charge in [0.1, 0.15) is 5.38 Å². The fraction of sp³-hybridized carbons (Fsp3) is 0.409. The number of anilines is 1. The van der Waals surface area contributed by atoms with Crippen molar-refractivity contribution in [2.75, 3.05) is 11.9 Å². The Morgan fingerprint density at radius 2 is 1.83 bits per heavy atom. The molecule has 2 atom stereocenters. The van der Waals surface area contributed by atoms with Gasteiger partial charge in [0.25, 0.3) is 11.4 Å². The van der Waals surface area contributed by atoms with E-state index in [1.54, 1.807) is 20.8 Å². The lowest BCUT2D eigenvalue weighted by Crippen LogP contribution is -2.69. The van der Waals surface area contributed by atoms with E-state index in [-0.39, 0.29) is 11.7 Å². The molecule has 0 radical (unpaired) electrons. The molecule has 1 heterocycles. The van der Waals surface area contributed by atoms with Crippen LogP contribution < -0.4 is 10.6 Å². The molecule has 0 aliphatic carbocycles. The zero-order valence-electron chi connectivity index (χ0n) is 19.2. The molecule has 0 saturated heterocycles. The Kier molecular flexibility index (Phi) is 8.66. The lowest BCUT2D eigenvalue weighted by molar-refractivity contribution is -0.154. The van der Waals surface area contributed by atoms with Crippen molar-refractivity contribution in [3.8, 4) is 0 Å². The van der Waals surface area contributed by atoms with Crippen molar-refractivity contribution in [3.63, 3.8) is 0 Å². The molecule has 0 spiro atoms. The number of carbonyl (C=O) groups is 4. The summed E-state index contributed by atoms with van der Waals surface area (Å²) in [4.78, 5) is 57.0. The lowest BCUT2D eigenvalue weighted by atomic mass is 9.85. The summed E-state index contributed by atoms with van der Waals surface area (Å²) in [6.45, 7) is 5.87. The van der Waals surface area contributed by atoms with Crippen LogP contribution >= 0.6 is 22.9 Å². The van der Waals surface area contributed by atoms with Crippen molar-refractivity contribution in [2.24, 2.45) is 5.41 Å². The summed E-state index contributed by atoms with van der Waals surface area (Å²) in [6.07, 6.45) is -3.49. The van der Waals surface area contributed by atoms with Crippen molar-refractivity contribution in [1.82, 2.24) is 10.3 Å². The fourth-order valence-electron chi connectivity index (χ4n) is 2.86. The molecule has 1 aromatic carbocycles. The second kappa shape index (κ2) is 10.7. The highest BCUT2D eigenvalue weighted by Gasteiger charge is 2.57. The van der Waals surface area contributed by atoms with Gasteiger partial charge in [-0.2, -0.15) is 13.2 Å². The number of rotatable bonds is 8. The molecule has 190 valence electrons. The summed E-state index contributed by atoms with van der Waals surface area (Å²) >= 11 is 7.15. The van der Waals surface area contributed by atoms with E-state index in [1.165, 1.54) is 18.5 Å². The number of nitrogens with zero attached hydrogens (tertiary/aromatic N) is 1.